The third kappa shape index (κ3) is 5.10. The first kappa shape index (κ1) is 25.4. The lowest BCUT2D eigenvalue weighted by Crippen LogP contribution is -2.41. The average Bonchev–Trinajstić information content (AvgIpc) is 3.49. The van der Waals surface area contributed by atoms with E-state index in [0.717, 1.165) is 6.07 Å². The molecule has 0 spiro atoms. The van der Waals surface area contributed by atoms with Crippen LogP contribution >= 0.6 is 0 Å². The Balaban J connectivity index is 1.41. The Morgan fingerprint density at radius 3 is 2.58 bits per heavy atom. The molecule has 1 saturated heterocycles. The Labute approximate surface area is 213 Å². The molecule has 0 saturated carbocycles. The number of amides is 1. The molecule has 14 heteroatoms. The van der Waals surface area contributed by atoms with Crippen LogP contribution in [0, 0.1) is 0 Å². The van der Waals surface area contributed by atoms with Crippen molar-refractivity contribution < 1.29 is 27.2 Å². The molecule has 0 atom stereocenters. The van der Waals surface area contributed by atoms with Crippen molar-refractivity contribution in [1.29, 1.82) is 0 Å². The number of nitrogens with zero attached hydrogens (tertiary/aromatic N) is 6. The number of alkyl halides is 3. The quantitative estimate of drug-likeness (QED) is 0.415. The van der Waals surface area contributed by atoms with Gasteiger partial charge in [0.05, 0.1) is 11.9 Å². The molecular weight excluding hydrogens is 507 g/mol. The number of hydrogen-bond acceptors (Lipinski definition) is 8. The number of carbonyl (C=O) groups excluding carboxylic acids is 1. The predicted molar refractivity (Wildman–Crippen MR) is 127 cm³/mol. The monoisotopic (exact) mass is 531 g/mol. The van der Waals surface area contributed by atoms with E-state index >= 15 is 0 Å². The number of ether oxygens (including phenoxy) is 1. The second-order valence-electron chi connectivity index (χ2n) is 9.95. The van der Waals surface area contributed by atoms with Gasteiger partial charge in [-0.2, -0.15) is 23.3 Å². The van der Waals surface area contributed by atoms with Gasteiger partial charge >= 0.3 is 12.3 Å². The predicted octanol–water partition coefficient (Wildman–Crippen LogP) is 4.27. The number of pyridine rings is 1. The third-order valence-corrected chi connectivity index (χ3v) is 6.02. The Morgan fingerprint density at radius 1 is 1.16 bits per heavy atom. The summed E-state index contributed by atoms with van der Waals surface area (Å²) in [4.78, 5) is 37.1. The molecule has 38 heavy (non-hydrogen) atoms. The van der Waals surface area contributed by atoms with Crippen molar-refractivity contribution >= 4 is 11.7 Å². The van der Waals surface area contributed by atoms with E-state index < -0.39 is 17.5 Å². The Kier molecular flexibility index (Phi) is 6.19. The molecule has 4 aromatic heterocycles. The van der Waals surface area contributed by atoms with Gasteiger partial charge in [0.2, 0.25) is 5.82 Å². The van der Waals surface area contributed by atoms with Crippen LogP contribution < -0.4 is 5.56 Å². The SMILES string of the molecule is CC(C)(C)OC(=O)N1CCC(c2cc(=O)[nH]c3c(-c4nc(-c5cccc(C(F)(F)F)n5)no4)cnn23)CC1. The van der Waals surface area contributed by atoms with Gasteiger partial charge in [-0.05, 0) is 45.7 Å². The summed E-state index contributed by atoms with van der Waals surface area (Å²) in [7, 11) is 0. The number of H-pyrrole nitrogens is 1. The molecular formula is C24H24F3N7O4. The van der Waals surface area contributed by atoms with E-state index in [1.165, 1.54) is 24.4 Å². The van der Waals surface area contributed by atoms with E-state index in [-0.39, 0.29) is 35.0 Å². The number of fused-ring (bicyclic) bond motifs is 1. The van der Waals surface area contributed by atoms with Crippen LogP contribution in [-0.4, -0.2) is 59.4 Å². The summed E-state index contributed by atoms with van der Waals surface area (Å²) in [5, 5.41) is 8.15. The average molecular weight is 531 g/mol. The van der Waals surface area contributed by atoms with Crippen molar-refractivity contribution in [3.05, 3.63) is 52.2 Å². The number of piperidine rings is 1. The fourth-order valence-electron chi connectivity index (χ4n) is 4.30. The summed E-state index contributed by atoms with van der Waals surface area (Å²) in [6.45, 7) is 6.34. The number of halogens is 3. The molecule has 0 aromatic carbocycles. The summed E-state index contributed by atoms with van der Waals surface area (Å²) < 4.78 is 51.4. The third-order valence-electron chi connectivity index (χ3n) is 6.02. The summed E-state index contributed by atoms with van der Waals surface area (Å²) in [6.07, 6.45) is -2.38. The lowest BCUT2D eigenvalue weighted by atomic mass is 9.93. The van der Waals surface area contributed by atoms with Crippen LogP contribution in [0.5, 0.6) is 0 Å². The number of aromatic nitrogens is 6. The lowest BCUT2D eigenvalue weighted by molar-refractivity contribution is -0.141. The zero-order valence-electron chi connectivity index (χ0n) is 20.7. The van der Waals surface area contributed by atoms with E-state index in [4.69, 9.17) is 9.26 Å². The molecule has 4 aromatic rings. The van der Waals surface area contributed by atoms with Gasteiger partial charge in [-0.3, -0.25) is 4.79 Å². The summed E-state index contributed by atoms with van der Waals surface area (Å²) in [6, 6.07) is 4.85. The van der Waals surface area contributed by atoms with Gasteiger partial charge in [0.15, 0.2) is 0 Å². The maximum Gasteiger partial charge on any atom is 0.433 e. The smallest absolute Gasteiger partial charge is 0.433 e. The number of likely N-dealkylation sites (tertiary alicyclic amines) is 1. The van der Waals surface area contributed by atoms with E-state index in [9.17, 15) is 22.8 Å². The van der Waals surface area contributed by atoms with E-state index in [0.29, 0.717) is 42.8 Å². The highest BCUT2D eigenvalue weighted by molar-refractivity contribution is 5.72. The maximum absolute atomic E-state index is 13.0. The zero-order chi connectivity index (χ0) is 27.2. The maximum atomic E-state index is 13.0. The summed E-state index contributed by atoms with van der Waals surface area (Å²) in [5.74, 6) is -0.237. The molecule has 1 fully saturated rings. The van der Waals surface area contributed by atoms with Crippen molar-refractivity contribution in [3.63, 3.8) is 0 Å². The fourth-order valence-corrected chi connectivity index (χ4v) is 4.30. The highest BCUT2D eigenvalue weighted by atomic mass is 19.4. The Bertz CT molecular complexity index is 1540. The molecule has 1 aliphatic rings. The Morgan fingerprint density at radius 2 is 1.89 bits per heavy atom. The number of rotatable bonds is 3. The number of carbonyl (C=O) groups is 1. The van der Waals surface area contributed by atoms with Crippen LogP contribution in [0.3, 0.4) is 0 Å². The molecule has 5 heterocycles. The highest BCUT2D eigenvalue weighted by Crippen LogP contribution is 2.32. The number of aromatic amines is 1. The molecule has 1 N–H and O–H groups in total. The normalized spacial score (nSPS) is 15.3. The van der Waals surface area contributed by atoms with Crippen LogP contribution in [0.25, 0.3) is 28.6 Å². The van der Waals surface area contributed by atoms with Crippen molar-refractivity contribution in [2.24, 2.45) is 0 Å². The zero-order valence-corrected chi connectivity index (χ0v) is 20.7. The molecule has 0 bridgehead atoms. The van der Waals surface area contributed by atoms with Crippen molar-refractivity contribution in [2.45, 2.75) is 51.3 Å². The molecule has 11 nitrogen and oxygen atoms in total. The highest BCUT2D eigenvalue weighted by Gasteiger charge is 2.33. The summed E-state index contributed by atoms with van der Waals surface area (Å²) >= 11 is 0. The van der Waals surface area contributed by atoms with Gasteiger partial charge in [-0.25, -0.2) is 14.3 Å². The Hall–Kier alpha value is -4.23. The molecule has 0 radical (unpaired) electrons. The van der Waals surface area contributed by atoms with Gasteiger partial charge in [-0.1, -0.05) is 11.2 Å². The van der Waals surface area contributed by atoms with Crippen molar-refractivity contribution in [1.82, 2.24) is 34.6 Å². The van der Waals surface area contributed by atoms with Crippen LogP contribution in [0.1, 0.15) is 50.9 Å². The molecule has 0 aliphatic carbocycles. The second-order valence-corrected chi connectivity index (χ2v) is 9.95. The van der Waals surface area contributed by atoms with Gasteiger partial charge in [0, 0.05) is 25.1 Å². The van der Waals surface area contributed by atoms with Crippen molar-refractivity contribution in [3.8, 4) is 23.0 Å². The van der Waals surface area contributed by atoms with Gasteiger partial charge in [0.25, 0.3) is 11.4 Å². The first-order valence-electron chi connectivity index (χ1n) is 11.9. The van der Waals surface area contributed by atoms with E-state index in [2.05, 4.69) is 25.2 Å². The molecule has 0 unspecified atom stereocenters. The lowest BCUT2D eigenvalue weighted by Gasteiger charge is -2.33. The number of nitrogens with one attached hydrogen (secondary N) is 1. The van der Waals surface area contributed by atoms with E-state index in [1.807, 2.05) is 20.8 Å². The summed E-state index contributed by atoms with van der Waals surface area (Å²) in [5.41, 5.74) is -0.901. The molecule has 1 amide bonds. The molecule has 200 valence electrons. The van der Waals surface area contributed by atoms with Crippen LogP contribution in [0.15, 0.2) is 39.8 Å². The standard InChI is InChI=1S/C24H24F3N7O4/c1-23(2,3)37-22(36)33-9-7-13(8-10-33)16-11-18(35)30-20-14(12-28-34(16)20)21-31-19(32-38-21)15-5-4-6-17(29-15)24(25,26)27/h4-6,11-13H,7-10H2,1-3H3,(H,30,35). The van der Waals surface area contributed by atoms with Gasteiger partial charge in [-0.15, -0.1) is 0 Å². The molecule has 1 aliphatic heterocycles. The van der Waals surface area contributed by atoms with E-state index in [1.54, 1.807) is 9.42 Å². The first-order valence-corrected chi connectivity index (χ1v) is 11.9. The first-order chi connectivity index (χ1) is 17.9. The molecule has 5 rings (SSSR count). The minimum atomic E-state index is -4.62. The van der Waals surface area contributed by atoms with Crippen LogP contribution in [-0.2, 0) is 10.9 Å². The largest absolute Gasteiger partial charge is 0.444 e. The fraction of sp³-hybridized carbons (Fsp3) is 0.417. The van der Waals surface area contributed by atoms with Crippen molar-refractivity contribution in [2.75, 3.05) is 13.1 Å². The number of hydrogen-bond donors (Lipinski definition) is 1. The minimum absolute atomic E-state index is 0.0400. The van der Waals surface area contributed by atoms with Crippen LogP contribution in [0.2, 0.25) is 0 Å². The second kappa shape index (κ2) is 9.26. The van der Waals surface area contributed by atoms with Gasteiger partial charge in [0.1, 0.15) is 28.2 Å². The van der Waals surface area contributed by atoms with Crippen LogP contribution in [0.4, 0.5) is 18.0 Å². The topological polar surface area (TPSA) is 132 Å². The van der Waals surface area contributed by atoms with Gasteiger partial charge < -0.3 is 19.1 Å². The minimum Gasteiger partial charge on any atom is -0.444 e.